The SMILES string of the molecule is C/C=C/c1ccc(OCCCc2nc(-c3ccccc3)oc2C)cc1. The molecule has 3 rings (SSSR count). The lowest BCUT2D eigenvalue weighted by Crippen LogP contribution is -2.00. The topological polar surface area (TPSA) is 35.3 Å². The summed E-state index contributed by atoms with van der Waals surface area (Å²) in [6.45, 7) is 4.64. The Kier molecular flexibility index (Phi) is 5.68. The summed E-state index contributed by atoms with van der Waals surface area (Å²) in [5, 5.41) is 0. The van der Waals surface area contributed by atoms with Gasteiger partial charge in [-0.3, -0.25) is 0 Å². The van der Waals surface area contributed by atoms with Crippen LogP contribution in [0.25, 0.3) is 17.5 Å². The Balaban J connectivity index is 1.51. The Morgan fingerprint density at radius 3 is 2.52 bits per heavy atom. The first kappa shape index (κ1) is 17.0. The van der Waals surface area contributed by atoms with Gasteiger partial charge in [-0.2, -0.15) is 0 Å². The second-order valence-electron chi connectivity index (χ2n) is 5.91. The third-order valence-electron chi connectivity index (χ3n) is 3.98. The molecule has 0 amide bonds. The molecule has 0 spiro atoms. The molecule has 128 valence electrons. The molecule has 25 heavy (non-hydrogen) atoms. The minimum atomic E-state index is 0.663. The highest BCUT2D eigenvalue weighted by molar-refractivity contribution is 5.53. The van der Waals surface area contributed by atoms with Gasteiger partial charge in [0.25, 0.3) is 0 Å². The van der Waals surface area contributed by atoms with Gasteiger partial charge in [-0.1, -0.05) is 42.5 Å². The van der Waals surface area contributed by atoms with Crippen molar-refractivity contribution in [1.82, 2.24) is 4.98 Å². The smallest absolute Gasteiger partial charge is 0.226 e. The summed E-state index contributed by atoms with van der Waals surface area (Å²) < 4.78 is 11.6. The number of hydrogen-bond donors (Lipinski definition) is 0. The summed E-state index contributed by atoms with van der Waals surface area (Å²) in [4.78, 5) is 4.63. The summed E-state index contributed by atoms with van der Waals surface area (Å²) >= 11 is 0. The number of rotatable bonds is 7. The molecule has 1 aromatic heterocycles. The molecule has 0 N–H and O–H groups in total. The van der Waals surface area contributed by atoms with E-state index in [1.807, 2.05) is 62.4 Å². The highest BCUT2D eigenvalue weighted by Crippen LogP contribution is 2.22. The normalized spacial score (nSPS) is 11.1. The molecular weight excluding hydrogens is 310 g/mol. The highest BCUT2D eigenvalue weighted by Gasteiger charge is 2.10. The molecule has 0 atom stereocenters. The van der Waals surface area contributed by atoms with Crippen LogP contribution in [0.5, 0.6) is 5.75 Å². The number of oxazole rings is 1. The van der Waals surface area contributed by atoms with Crippen molar-refractivity contribution in [3.63, 3.8) is 0 Å². The van der Waals surface area contributed by atoms with Gasteiger partial charge >= 0.3 is 0 Å². The van der Waals surface area contributed by atoms with Crippen molar-refractivity contribution in [3.8, 4) is 17.2 Å². The van der Waals surface area contributed by atoms with E-state index in [2.05, 4.69) is 23.2 Å². The van der Waals surface area contributed by atoms with E-state index in [1.54, 1.807) is 0 Å². The van der Waals surface area contributed by atoms with Crippen molar-refractivity contribution in [2.45, 2.75) is 26.7 Å². The molecule has 0 saturated heterocycles. The van der Waals surface area contributed by atoms with Crippen LogP contribution in [-0.2, 0) is 6.42 Å². The Morgan fingerprint density at radius 1 is 1.04 bits per heavy atom. The molecule has 0 aliphatic heterocycles. The maximum Gasteiger partial charge on any atom is 0.226 e. The maximum absolute atomic E-state index is 5.81. The Hall–Kier alpha value is -2.81. The Morgan fingerprint density at radius 2 is 1.80 bits per heavy atom. The second-order valence-corrected chi connectivity index (χ2v) is 5.91. The van der Waals surface area contributed by atoms with E-state index in [0.717, 1.165) is 35.6 Å². The van der Waals surface area contributed by atoms with Crippen molar-refractivity contribution in [2.24, 2.45) is 0 Å². The number of aromatic nitrogens is 1. The van der Waals surface area contributed by atoms with Gasteiger partial charge in [0.15, 0.2) is 0 Å². The molecule has 0 aliphatic carbocycles. The standard InChI is InChI=1S/C22H23NO2/c1-3-8-18-12-14-20(15-13-18)24-16-7-11-21-17(2)25-22(23-21)19-9-5-4-6-10-19/h3-6,8-10,12-15H,7,11,16H2,1-2H3/b8-3+. The van der Waals surface area contributed by atoms with Gasteiger partial charge in [0.2, 0.25) is 5.89 Å². The first-order valence-electron chi connectivity index (χ1n) is 8.63. The molecule has 3 nitrogen and oxygen atoms in total. The summed E-state index contributed by atoms with van der Waals surface area (Å²) in [5.41, 5.74) is 3.20. The van der Waals surface area contributed by atoms with E-state index in [1.165, 1.54) is 5.56 Å². The van der Waals surface area contributed by atoms with Crippen molar-refractivity contribution >= 4 is 6.08 Å². The fourth-order valence-corrected chi connectivity index (χ4v) is 2.66. The van der Waals surface area contributed by atoms with Gasteiger partial charge in [-0.05, 0) is 56.5 Å². The quantitative estimate of drug-likeness (QED) is 0.521. The van der Waals surface area contributed by atoms with Crippen LogP contribution in [0.2, 0.25) is 0 Å². The van der Waals surface area contributed by atoms with Crippen molar-refractivity contribution in [3.05, 3.63) is 77.7 Å². The monoisotopic (exact) mass is 333 g/mol. The van der Waals surface area contributed by atoms with E-state index in [0.29, 0.717) is 12.5 Å². The minimum Gasteiger partial charge on any atom is -0.494 e. The maximum atomic E-state index is 5.81. The number of aryl methyl sites for hydroxylation is 2. The van der Waals surface area contributed by atoms with E-state index < -0.39 is 0 Å². The number of benzene rings is 2. The zero-order valence-corrected chi connectivity index (χ0v) is 14.7. The molecule has 3 heteroatoms. The molecule has 3 aromatic rings. The van der Waals surface area contributed by atoms with Gasteiger partial charge in [0, 0.05) is 5.56 Å². The van der Waals surface area contributed by atoms with Gasteiger partial charge in [0.05, 0.1) is 12.3 Å². The van der Waals surface area contributed by atoms with Crippen LogP contribution >= 0.6 is 0 Å². The molecule has 0 aliphatic rings. The lowest BCUT2D eigenvalue weighted by molar-refractivity contribution is 0.310. The fraction of sp³-hybridized carbons (Fsp3) is 0.227. The summed E-state index contributed by atoms with van der Waals surface area (Å²) in [6, 6.07) is 18.1. The van der Waals surface area contributed by atoms with Crippen LogP contribution in [-0.4, -0.2) is 11.6 Å². The molecule has 0 radical (unpaired) electrons. The van der Waals surface area contributed by atoms with Crippen LogP contribution in [0.1, 0.15) is 30.4 Å². The van der Waals surface area contributed by atoms with Crippen LogP contribution in [0.15, 0.2) is 65.1 Å². The zero-order chi connectivity index (χ0) is 17.5. The molecule has 1 heterocycles. The second kappa shape index (κ2) is 8.34. The van der Waals surface area contributed by atoms with Gasteiger partial charge in [-0.25, -0.2) is 4.98 Å². The lowest BCUT2D eigenvalue weighted by Gasteiger charge is -2.05. The van der Waals surface area contributed by atoms with Gasteiger partial charge in [-0.15, -0.1) is 0 Å². The Bertz CT molecular complexity index is 817. The first-order chi connectivity index (χ1) is 12.3. The summed E-state index contributed by atoms with van der Waals surface area (Å²) in [5.74, 6) is 2.47. The highest BCUT2D eigenvalue weighted by atomic mass is 16.5. The number of allylic oxidation sites excluding steroid dienone is 1. The van der Waals surface area contributed by atoms with Crippen LogP contribution in [0.3, 0.4) is 0 Å². The average Bonchev–Trinajstić information content (AvgIpc) is 3.02. The molecule has 0 fully saturated rings. The number of hydrogen-bond acceptors (Lipinski definition) is 3. The van der Waals surface area contributed by atoms with Crippen LogP contribution in [0, 0.1) is 6.92 Å². The van der Waals surface area contributed by atoms with E-state index in [4.69, 9.17) is 9.15 Å². The zero-order valence-electron chi connectivity index (χ0n) is 14.7. The largest absolute Gasteiger partial charge is 0.494 e. The fourth-order valence-electron chi connectivity index (χ4n) is 2.66. The van der Waals surface area contributed by atoms with E-state index >= 15 is 0 Å². The van der Waals surface area contributed by atoms with Gasteiger partial charge in [0.1, 0.15) is 11.5 Å². The minimum absolute atomic E-state index is 0.663. The predicted molar refractivity (Wildman–Crippen MR) is 102 cm³/mol. The molecule has 2 aromatic carbocycles. The molecule has 0 unspecified atom stereocenters. The molecular formula is C22H23NO2. The predicted octanol–water partition coefficient (Wildman–Crippen LogP) is 5.69. The summed E-state index contributed by atoms with van der Waals surface area (Å²) in [7, 11) is 0. The third-order valence-corrected chi connectivity index (χ3v) is 3.98. The first-order valence-corrected chi connectivity index (χ1v) is 8.63. The number of nitrogens with zero attached hydrogens (tertiary/aromatic N) is 1. The summed E-state index contributed by atoms with van der Waals surface area (Å²) in [6.07, 6.45) is 5.85. The average molecular weight is 333 g/mol. The lowest BCUT2D eigenvalue weighted by atomic mass is 10.2. The molecule has 0 saturated carbocycles. The van der Waals surface area contributed by atoms with Gasteiger partial charge < -0.3 is 9.15 Å². The van der Waals surface area contributed by atoms with Crippen molar-refractivity contribution in [1.29, 1.82) is 0 Å². The van der Waals surface area contributed by atoms with E-state index in [-0.39, 0.29) is 0 Å². The third kappa shape index (κ3) is 4.60. The van der Waals surface area contributed by atoms with Crippen LogP contribution in [0.4, 0.5) is 0 Å². The van der Waals surface area contributed by atoms with Crippen molar-refractivity contribution in [2.75, 3.05) is 6.61 Å². The van der Waals surface area contributed by atoms with Crippen LogP contribution < -0.4 is 4.74 Å². The van der Waals surface area contributed by atoms with E-state index in [9.17, 15) is 0 Å². The Labute approximate surface area is 149 Å². The molecule has 0 bridgehead atoms. The number of ether oxygens (including phenoxy) is 1. The van der Waals surface area contributed by atoms with Crippen molar-refractivity contribution < 1.29 is 9.15 Å².